The first-order valence-corrected chi connectivity index (χ1v) is 8.49. The molecule has 22 heavy (non-hydrogen) atoms. The van der Waals surface area contributed by atoms with Crippen LogP contribution in [0.1, 0.15) is 11.3 Å². The second-order valence-electron chi connectivity index (χ2n) is 5.66. The maximum atomic E-state index is 4.41. The van der Waals surface area contributed by atoms with Crippen molar-refractivity contribution in [1.82, 2.24) is 14.9 Å². The lowest BCUT2D eigenvalue weighted by molar-refractivity contribution is 0.414. The number of aromatic nitrogens is 2. The molecular weight excluding hydrogens is 290 g/mol. The predicted molar refractivity (Wildman–Crippen MR) is 94.4 cm³/mol. The highest BCUT2D eigenvalue weighted by Crippen LogP contribution is 2.32. The molecule has 0 aliphatic heterocycles. The van der Waals surface area contributed by atoms with E-state index in [0.29, 0.717) is 0 Å². The van der Waals surface area contributed by atoms with Gasteiger partial charge in [0.25, 0.3) is 0 Å². The molecule has 0 atom stereocenters. The van der Waals surface area contributed by atoms with Crippen LogP contribution in [0.3, 0.4) is 0 Å². The van der Waals surface area contributed by atoms with Gasteiger partial charge in [-0.2, -0.15) is 0 Å². The molecule has 0 radical (unpaired) electrons. The fourth-order valence-electron chi connectivity index (χ4n) is 2.52. The lowest BCUT2D eigenvalue weighted by atomic mass is 10.1. The van der Waals surface area contributed by atoms with Crippen LogP contribution in [0.25, 0.3) is 10.9 Å². The van der Waals surface area contributed by atoms with Crippen molar-refractivity contribution >= 4 is 22.7 Å². The zero-order chi connectivity index (χ0) is 15.4. The van der Waals surface area contributed by atoms with Crippen molar-refractivity contribution in [1.29, 1.82) is 0 Å². The van der Waals surface area contributed by atoms with Crippen LogP contribution in [0.4, 0.5) is 0 Å². The molecule has 2 heterocycles. The quantitative estimate of drug-likeness (QED) is 0.699. The molecular formula is C18H21N3S. The predicted octanol–water partition coefficient (Wildman–Crippen LogP) is 3.96. The van der Waals surface area contributed by atoms with Gasteiger partial charge >= 0.3 is 0 Å². The summed E-state index contributed by atoms with van der Waals surface area (Å²) >= 11 is 1.86. The van der Waals surface area contributed by atoms with Crippen LogP contribution in [0, 0.1) is 0 Å². The SMILES string of the molecule is CN(C)CCc1c[nH]c2cccc(SCc3ccccn3)c12. The van der Waals surface area contributed by atoms with Crippen molar-refractivity contribution in [2.75, 3.05) is 20.6 Å². The van der Waals surface area contributed by atoms with E-state index in [4.69, 9.17) is 0 Å². The standard InChI is InChI=1S/C18H21N3S/c1-21(2)11-9-14-12-20-16-7-5-8-17(18(14)16)22-13-15-6-3-4-10-19-15/h3-8,10,12,20H,9,11,13H2,1-2H3. The first kappa shape index (κ1) is 15.1. The summed E-state index contributed by atoms with van der Waals surface area (Å²) in [4.78, 5) is 11.4. The highest BCUT2D eigenvalue weighted by atomic mass is 32.2. The Morgan fingerprint density at radius 1 is 1.14 bits per heavy atom. The fraction of sp³-hybridized carbons (Fsp3) is 0.278. The largest absolute Gasteiger partial charge is 0.361 e. The summed E-state index contributed by atoms with van der Waals surface area (Å²) in [5.74, 6) is 0.901. The Morgan fingerprint density at radius 2 is 2.05 bits per heavy atom. The third-order valence-corrected chi connectivity index (χ3v) is 4.77. The molecule has 3 rings (SSSR count). The molecule has 4 heteroatoms. The molecule has 0 saturated carbocycles. The van der Waals surface area contributed by atoms with Gasteiger partial charge < -0.3 is 9.88 Å². The summed E-state index contributed by atoms with van der Waals surface area (Å²) in [7, 11) is 4.23. The molecule has 0 bridgehead atoms. The molecule has 2 aromatic heterocycles. The van der Waals surface area contributed by atoms with Crippen molar-refractivity contribution in [3.05, 3.63) is 60.0 Å². The fourth-order valence-corrected chi connectivity index (χ4v) is 3.55. The Hall–Kier alpha value is -1.78. The van der Waals surface area contributed by atoms with Gasteiger partial charge in [-0.25, -0.2) is 0 Å². The highest BCUT2D eigenvalue weighted by molar-refractivity contribution is 7.98. The number of H-pyrrole nitrogens is 1. The second-order valence-corrected chi connectivity index (χ2v) is 6.67. The first-order valence-electron chi connectivity index (χ1n) is 7.50. The lowest BCUT2D eigenvalue weighted by Gasteiger charge is -2.10. The first-order chi connectivity index (χ1) is 10.7. The Morgan fingerprint density at radius 3 is 2.82 bits per heavy atom. The Bertz CT molecular complexity index is 734. The van der Waals surface area contributed by atoms with Crippen LogP contribution in [-0.4, -0.2) is 35.5 Å². The lowest BCUT2D eigenvalue weighted by Crippen LogP contribution is -2.14. The number of benzene rings is 1. The molecule has 3 nitrogen and oxygen atoms in total. The van der Waals surface area contributed by atoms with E-state index in [1.165, 1.54) is 21.4 Å². The van der Waals surface area contributed by atoms with Gasteiger partial charge in [-0.15, -0.1) is 11.8 Å². The molecule has 1 N–H and O–H groups in total. The van der Waals surface area contributed by atoms with Gasteiger partial charge in [0.05, 0.1) is 5.69 Å². The molecule has 114 valence electrons. The molecule has 0 unspecified atom stereocenters. The van der Waals surface area contributed by atoms with Crippen molar-refractivity contribution in [3.63, 3.8) is 0 Å². The van der Waals surface area contributed by atoms with Crippen LogP contribution in [-0.2, 0) is 12.2 Å². The average Bonchev–Trinajstić information content (AvgIpc) is 2.96. The van der Waals surface area contributed by atoms with Gasteiger partial charge in [0.1, 0.15) is 0 Å². The zero-order valence-electron chi connectivity index (χ0n) is 13.0. The minimum atomic E-state index is 0.901. The molecule has 0 saturated heterocycles. The molecule has 1 aromatic carbocycles. The van der Waals surface area contributed by atoms with Crippen LogP contribution in [0.2, 0.25) is 0 Å². The minimum Gasteiger partial charge on any atom is -0.361 e. The molecule has 0 aliphatic carbocycles. The number of hydrogen-bond donors (Lipinski definition) is 1. The van der Waals surface area contributed by atoms with Crippen molar-refractivity contribution < 1.29 is 0 Å². The van der Waals surface area contributed by atoms with Crippen LogP contribution in [0.15, 0.2) is 53.7 Å². The van der Waals surface area contributed by atoms with Crippen LogP contribution < -0.4 is 0 Å². The van der Waals surface area contributed by atoms with Crippen molar-refractivity contribution in [2.45, 2.75) is 17.1 Å². The Balaban J connectivity index is 1.83. The third-order valence-electron chi connectivity index (χ3n) is 3.68. The van der Waals surface area contributed by atoms with E-state index in [0.717, 1.165) is 24.4 Å². The molecule has 3 aromatic rings. The number of rotatable bonds is 6. The number of nitrogens with zero attached hydrogens (tertiary/aromatic N) is 2. The van der Waals surface area contributed by atoms with E-state index in [1.807, 2.05) is 30.1 Å². The molecule has 0 fully saturated rings. The summed E-state index contributed by atoms with van der Waals surface area (Å²) < 4.78 is 0. The van der Waals surface area contributed by atoms with Crippen LogP contribution in [0.5, 0.6) is 0 Å². The smallest absolute Gasteiger partial charge is 0.0506 e. The average molecular weight is 311 g/mol. The summed E-state index contributed by atoms with van der Waals surface area (Å²) in [6.45, 7) is 1.06. The monoisotopic (exact) mass is 311 g/mol. The van der Waals surface area contributed by atoms with E-state index < -0.39 is 0 Å². The zero-order valence-corrected chi connectivity index (χ0v) is 13.9. The number of thioether (sulfide) groups is 1. The minimum absolute atomic E-state index is 0.901. The molecule has 0 spiro atoms. The number of pyridine rings is 1. The maximum Gasteiger partial charge on any atom is 0.0506 e. The van der Waals surface area contributed by atoms with Crippen molar-refractivity contribution in [3.8, 4) is 0 Å². The number of nitrogens with one attached hydrogen (secondary N) is 1. The van der Waals surface area contributed by atoms with Gasteiger partial charge in [-0.3, -0.25) is 4.98 Å². The Kier molecular flexibility index (Phi) is 4.80. The normalized spacial score (nSPS) is 11.4. The van der Waals surface area contributed by atoms with Gasteiger partial charge in [0.2, 0.25) is 0 Å². The number of hydrogen-bond acceptors (Lipinski definition) is 3. The van der Waals surface area contributed by atoms with Crippen LogP contribution >= 0.6 is 11.8 Å². The van der Waals surface area contributed by atoms with Gasteiger partial charge in [-0.1, -0.05) is 12.1 Å². The third kappa shape index (κ3) is 3.51. The summed E-state index contributed by atoms with van der Waals surface area (Å²) in [6, 6.07) is 12.6. The summed E-state index contributed by atoms with van der Waals surface area (Å²) in [5, 5.41) is 1.37. The highest BCUT2D eigenvalue weighted by Gasteiger charge is 2.09. The molecule has 0 aliphatic rings. The van der Waals surface area contributed by atoms with E-state index >= 15 is 0 Å². The van der Waals surface area contributed by atoms with E-state index in [2.05, 4.69) is 59.4 Å². The second kappa shape index (κ2) is 6.99. The van der Waals surface area contributed by atoms with Gasteiger partial charge in [0.15, 0.2) is 0 Å². The van der Waals surface area contributed by atoms with E-state index in [9.17, 15) is 0 Å². The maximum absolute atomic E-state index is 4.41. The van der Waals surface area contributed by atoms with E-state index in [-0.39, 0.29) is 0 Å². The van der Waals surface area contributed by atoms with Gasteiger partial charge in [0, 0.05) is 40.5 Å². The summed E-state index contributed by atoms with van der Waals surface area (Å²) in [5.41, 5.74) is 3.74. The summed E-state index contributed by atoms with van der Waals surface area (Å²) in [6.07, 6.45) is 5.07. The van der Waals surface area contributed by atoms with Gasteiger partial charge in [-0.05, 0) is 50.3 Å². The van der Waals surface area contributed by atoms with Crippen molar-refractivity contribution in [2.24, 2.45) is 0 Å². The molecule has 0 amide bonds. The topological polar surface area (TPSA) is 31.9 Å². The number of likely N-dealkylation sites (N-methyl/N-ethyl adjacent to an activating group) is 1. The van der Waals surface area contributed by atoms with E-state index in [1.54, 1.807) is 0 Å². The number of fused-ring (bicyclic) bond motifs is 1. The Labute approximate surface area is 135 Å². The number of aromatic amines is 1.